The summed E-state index contributed by atoms with van der Waals surface area (Å²) in [6, 6.07) is 8.05. The molecule has 474 valence electrons. The molecular formula is C57H73ClF5N13O10S. The van der Waals surface area contributed by atoms with E-state index < -0.39 is 47.7 Å². The van der Waals surface area contributed by atoms with Crippen LogP contribution in [0.5, 0.6) is 0 Å². The highest BCUT2D eigenvalue weighted by Crippen LogP contribution is 2.32. The Hall–Kier alpha value is -7.15. The van der Waals surface area contributed by atoms with Gasteiger partial charge in [0.05, 0.1) is 73.7 Å². The van der Waals surface area contributed by atoms with Crippen molar-refractivity contribution in [2.45, 2.75) is 71.1 Å². The third-order valence-electron chi connectivity index (χ3n) is 15.1. The maximum absolute atomic E-state index is 14.7. The van der Waals surface area contributed by atoms with Gasteiger partial charge in [0.15, 0.2) is 16.8 Å². The van der Waals surface area contributed by atoms with Gasteiger partial charge in [0.25, 0.3) is 17.7 Å². The number of thiazole rings is 1. The van der Waals surface area contributed by atoms with Gasteiger partial charge < -0.3 is 65.2 Å². The number of carbonyl (C=O) groups excluding carboxylic acids is 5. The number of halogens is 6. The number of amides is 5. The van der Waals surface area contributed by atoms with Crippen molar-refractivity contribution in [3.8, 4) is 0 Å². The number of rotatable bonds is 24. The summed E-state index contributed by atoms with van der Waals surface area (Å²) in [5, 5.41) is 23.0. The van der Waals surface area contributed by atoms with E-state index in [1.165, 1.54) is 34.0 Å². The normalized spacial score (nSPS) is 15.8. The van der Waals surface area contributed by atoms with Crippen molar-refractivity contribution in [1.29, 1.82) is 0 Å². The first-order valence-electron chi connectivity index (χ1n) is 28.5. The quantitative estimate of drug-likeness (QED) is 0.0298. The Morgan fingerprint density at radius 1 is 0.828 bits per heavy atom. The number of ether oxygens (including phenoxy) is 3. The monoisotopic (exact) mass is 1260 g/mol. The Labute approximate surface area is 508 Å². The second-order valence-corrected chi connectivity index (χ2v) is 22.4. The lowest BCUT2D eigenvalue weighted by Gasteiger charge is -2.39. The van der Waals surface area contributed by atoms with E-state index in [1.54, 1.807) is 24.9 Å². The van der Waals surface area contributed by atoms with E-state index in [1.807, 2.05) is 32.0 Å². The van der Waals surface area contributed by atoms with Gasteiger partial charge >= 0.3 is 12.1 Å². The van der Waals surface area contributed by atoms with Gasteiger partial charge in [0, 0.05) is 90.0 Å². The number of nitrogens with one attached hydrogen (secondary N) is 5. The van der Waals surface area contributed by atoms with Crippen LogP contribution in [0.1, 0.15) is 80.9 Å². The largest absolute Gasteiger partial charge is 0.490 e. The van der Waals surface area contributed by atoms with Crippen LogP contribution in [0, 0.1) is 31.4 Å². The molecule has 5 heterocycles. The van der Waals surface area contributed by atoms with Gasteiger partial charge in [-0.05, 0) is 64.3 Å². The Balaban J connectivity index is 0.00000145. The fourth-order valence-corrected chi connectivity index (χ4v) is 11.2. The number of carboxylic acids is 1. The number of likely N-dealkylation sites (N-methyl/N-ethyl adjacent to an activating group) is 1. The molecule has 2 atom stereocenters. The van der Waals surface area contributed by atoms with E-state index in [-0.39, 0.29) is 91.7 Å². The molecule has 87 heavy (non-hydrogen) atoms. The van der Waals surface area contributed by atoms with Crippen LogP contribution in [0.25, 0.3) is 10.9 Å². The Kier molecular flexibility index (Phi) is 24.5. The molecule has 1 aliphatic carbocycles. The fraction of sp³-hybridized carbons (Fsp3) is 0.526. The molecule has 30 heteroatoms. The number of carbonyl (C=O) groups is 6. The predicted molar refractivity (Wildman–Crippen MR) is 316 cm³/mol. The summed E-state index contributed by atoms with van der Waals surface area (Å²) in [6.07, 6.45) is 1.16. The molecule has 23 nitrogen and oxygen atoms in total. The van der Waals surface area contributed by atoms with E-state index in [4.69, 9.17) is 35.7 Å². The van der Waals surface area contributed by atoms with Crippen molar-refractivity contribution >= 4 is 91.8 Å². The molecule has 1 saturated carbocycles. The number of benzene rings is 2. The van der Waals surface area contributed by atoms with E-state index in [9.17, 15) is 45.9 Å². The summed E-state index contributed by atoms with van der Waals surface area (Å²) in [6.45, 7) is 12.1. The lowest BCUT2D eigenvalue weighted by atomic mass is 9.83. The fourth-order valence-electron chi connectivity index (χ4n) is 10.2. The molecule has 2 saturated heterocycles. The van der Waals surface area contributed by atoms with E-state index in [0.717, 1.165) is 88.3 Å². The number of anilines is 4. The predicted octanol–water partition coefficient (Wildman–Crippen LogP) is 6.16. The molecular weight excluding hydrogens is 1190 g/mol. The first-order valence-corrected chi connectivity index (χ1v) is 29.7. The zero-order chi connectivity index (χ0) is 63.0. The molecule has 3 aromatic heterocycles. The zero-order valence-corrected chi connectivity index (χ0v) is 50.6. The van der Waals surface area contributed by atoms with Crippen molar-refractivity contribution in [1.82, 2.24) is 50.2 Å². The number of nitrogens with zero attached hydrogens (tertiary/aromatic N) is 8. The minimum absolute atomic E-state index is 0.0106. The molecule has 0 bridgehead atoms. The Bertz CT molecular complexity index is 3190. The summed E-state index contributed by atoms with van der Waals surface area (Å²) < 4.78 is 79.7. The topological polar surface area (TPSA) is 267 Å². The molecule has 8 rings (SSSR count). The van der Waals surface area contributed by atoms with E-state index in [2.05, 4.69) is 51.3 Å². The van der Waals surface area contributed by atoms with Crippen molar-refractivity contribution in [3.05, 3.63) is 86.8 Å². The van der Waals surface area contributed by atoms with E-state index in [0.29, 0.717) is 58.8 Å². The van der Waals surface area contributed by atoms with Crippen molar-refractivity contribution in [3.63, 3.8) is 0 Å². The summed E-state index contributed by atoms with van der Waals surface area (Å²) in [5.41, 5.74) is 1.47. The average molecular weight is 1260 g/mol. The minimum atomic E-state index is -5.08. The molecule has 5 amide bonds. The number of para-hydroxylation sites is 1. The third kappa shape index (κ3) is 18.5. The zero-order valence-electron chi connectivity index (χ0n) is 49.0. The van der Waals surface area contributed by atoms with Crippen LogP contribution in [-0.4, -0.2) is 205 Å². The number of aromatic nitrogens is 4. The van der Waals surface area contributed by atoms with Gasteiger partial charge in [-0.2, -0.15) is 13.2 Å². The Morgan fingerprint density at radius 2 is 1.46 bits per heavy atom. The minimum Gasteiger partial charge on any atom is -0.475 e. The summed E-state index contributed by atoms with van der Waals surface area (Å²) in [5.74, 6) is -4.95. The molecule has 6 N–H and O–H groups in total. The molecule has 3 fully saturated rings. The number of aryl methyl sites for hydroxylation is 3. The van der Waals surface area contributed by atoms with Gasteiger partial charge in [-0.15, -0.1) is 0 Å². The van der Waals surface area contributed by atoms with Crippen LogP contribution in [0.4, 0.5) is 44.4 Å². The van der Waals surface area contributed by atoms with Crippen molar-refractivity contribution in [2.24, 2.45) is 13.0 Å². The molecule has 2 aromatic carbocycles. The number of aliphatic carboxylic acids is 1. The first kappa shape index (κ1) is 67.4. The van der Waals surface area contributed by atoms with Crippen LogP contribution in [0.3, 0.4) is 0 Å². The number of fused-ring (bicyclic) bond motifs is 1. The van der Waals surface area contributed by atoms with Crippen LogP contribution >= 0.6 is 22.9 Å². The van der Waals surface area contributed by atoms with Crippen LogP contribution in [-0.2, 0) is 35.6 Å². The summed E-state index contributed by atoms with van der Waals surface area (Å²) in [4.78, 5) is 98.8. The number of hydrogen-bond donors (Lipinski definition) is 6. The van der Waals surface area contributed by atoms with Crippen LogP contribution in [0.2, 0.25) is 5.02 Å². The van der Waals surface area contributed by atoms with Crippen LogP contribution < -0.4 is 31.5 Å². The average Bonchev–Trinajstić information content (AvgIpc) is 1.75. The van der Waals surface area contributed by atoms with Crippen molar-refractivity contribution in [2.75, 3.05) is 128 Å². The molecule has 0 radical (unpaired) electrons. The van der Waals surface area contributed by atoms with Gasteiger partial charge in [0.2, 0.25) is 11.8 Å². The summed E-state index contributed by atoms with van der Waals surface area (Å²) >= 11 is 7.52. The third-order valence-corrected chi connectivity index (χ3v) is 16.3. The van der Waals surface area contributed by atoms with Gasteiger partial charge in [-0.3, -0.25) is 28.9 Å². The van der Waals surface area contributed by atoms with Gasteiger partial charge in [0.1, 0.15) is 34.1 Å². The number of hydrogen-bond acceptors (Lipinski definition) is 17. The maximum Gasteiger partial charge on any atom is 0.490 e. The Morgan fingerprint density at radius 3 is 2.10 bits per heavy atom. The standard InChI is InChI=1S/C55H72ClF2N13O8S.C2HF3O2/c1-34-10-9-13-39(56)47(34)65-51(73)43-33-61-55(80-43)64-44-32-45(63-36(3)62-44)69-17-15-68(16-18-69)23-25-78-27-29-79-28-26-77-24-14-60-52(74)46-38-30-40(57)41(58)31-42(38)67(5)49(46)54(76)71-21-19-70(20-22-71)53(75)48(37-11-7-6-8-12-37)66-50(72)35(2)59-4;3-2(4,5)1(6)7/h9-10,13,30-33,35,37,48,59H,6-8,11-12,14-29H2,1-5H3,(H,60,74)(H,65,73)(H,66,72)(H,61,62,63,64);(H,6,7). The SMILES string of the molecule is CNC(C)C(=O)NC(C(=O)N1CCN(C(=O)c2c(C(=O)NCCOCCOCCOCCN3CCN(c4cc(Nc5ncc(C(=O)Nc6c(C)cccc6Cl)s5)nc(C)n4)CC3)c3cc(F)c(F)cc3n2C)CC1)C1CCCCC1.O=C(O)C(F)(F)F. The highest BCUT2D eigenvalue weighted by atomic mass is 35.5. The van der Waals surface area contributed by atoms with Gasteiger partial charge in [-0.1, -0.05) is 54.3 Å². The lowest BCUT2D eigenvalue weighted by Crippen LogP contribution is -2.59. The lowest BCUT2D eigenvalue weighted by molar-refractivity contribution is -0.192. The highest BCUT2D eigenvalue weighted by Gasteiger charge is 2.39. The van der Waals surface area contributed by atoms with Gasteiger partial charge in [-0.25, -0.2) is 28.5 Å². The van der Waals surface area contributed by atoms with E-state index >= 15 is 0 Å². The second-order valence-electron chi connectivity index (χ2n) is 21.0. The summed E-state index contributed by atoms with van der Waals surface area (Å²) in [7, 11) is 3.21. The molecule has 2 aliphatic heterocycles. The number of alkyl halides is 3. The van der Waals surface area contributed by atoms with Crippen LogP contribution in [0.15, 0.2) is 42.6 Å². The second kappa shape index (κ2) is 31.7. The number of piperazine rings is 2. The molecule has 3 aliphatic rings. The first-order chi connectivity index (χ1) is 41.5. The smallest absolute Gasteiger partial charge is 0.475 e. The number of carboxylic acid groups (broad SMARTS) is 1. The molecule has 0 spiro atoms. The molecule has 5 aromatic rings. The maximum atomic E-state index is 14.7. The van der Waals surface area contributed by atoms with Crippen molar-refractivity contribution < 1.29 is 70.0 Å². The highest BCUT2D eigenvalue weighted by molar-refractivity contribution is 7.17. The molecule has 2 unspecified atom stereocenters.